The molecule has 2 rings (SSSR count). The molecule has 0 spiro atoms. The van der Waals surface area contributed by atoms with Crippen molar-refractivity contribution >= 4 is 15.9 Å². The quantitative estimate of drug-likeness (QED) is 0.702. The topological polar surface area (TPSA) is 75.7 Å². The Morgan fingerprint density at radius 3 is 2.19 bits per heavy atom. The minimum atomic E-state index is -3.47. The molecule has 26 heavy (non-hydrogen) atoms. The molecule has 0 aromatic heterocycles. The molecule has 0 aliphatic heterocycles. The maximum Gasteiger partial charge on any atom is 0.258 e. The van der Waals surface area contributed by atoms with E-state index in [1.165, 1.54) is 29.3 Å². The molecule has 1 amide bonds. The zero-order valence-corrected chi connectivity index (χ0v) is 16.6. The van der Waals surface area contributed by atoms with Gasteiger partial charge >= 0.3 is 0 Å². The SMILES string of the molecule is CCN(CC)S(=O)(=O)c1ccc(OCC(=O)NC2CCCCCC2)cc1. The van der Waals surface area contributed by atoms with Crippen molar-refractivity contribution in [2.24, 2.45) is 0 Å². The number of nitrogens with one attached hydrogen (secondary N) is 1. The minimum Gasteiger partial charge on any atom is -0.484 e. The van der Waals surface area contributed by atoms with Crippen LogP contribution >= 0.6 is 0 Å². The lowest BCUT2D eigenvalue weighted by Gasteiger charge is -2.18. The van der Waals surface area contributed by atoms with Crippen molar-refractivity contribution < 1.29 is 17.9 Å². The molecule has 1 aromatic rings. The lowest BCUT2D eigenvalue weighted by Crippen LogP contribution is -2.37. The average Bonchev–Trinajstić information content (AvgIpc) is 2.90. The maximum atomic E-state index is 12.4. The zero-order valence-electron chi connectivity index (χ0n) is 15.7. The Bertz CT molecular complexity index is 661. The number of carbonyl (C=O) groups is 1. The minimum absolute atomic E-state index is 0.0569. The van der Waals surface area contributed by atoms with E-state index < -0.39 is 10.0 Å². The number of hydrogen-bond acceptors (Lipinski definition) is 4. The fraction of sp³-hybridized carbons (Fsp3) is 0.632. The molecule has 1 aliphatic rings. The Labute approximate surface area is 157 Å². The van der Waals surface area contributed by atoms with E-state index >= 15 is 0 Å². The van der Waals surface area contributed by atoms with Crippen molar-refractivity contribution in [3.05, 3.63) is 24.3 Å². The van der Waals surface area contributed by atoms with Gasteiger partial charge in [-0.05, 0) is 37.1 Å². The molecule has 6 nitrogen and oxygen atoms in total. The van der Waals surface area contributed by atoms with Crippen molar-refractivity contribution in [2.75, 3.05) is 19.7 Å². The Morgan fingerprint density at radius 2 is 1.65 bits per heavy atom. The number of sulfonamides is 1. The molecular weight excluding hydrogens is 352 g/mol. The monoisotopic (exact) mass is 382 g/mol. The van der Waals surface area contributed by atoms with E-state index in [1.54, 1.807) is 12.1 Å². The molecule has 0 unspecified atom stereocenters. The van der Waals surface area contributed by atoms with Gasteiger partial charge in [0, 0.05) is 19.1 Å². The molecule has 1 aliphatic carbocycles. The first-order valence-electron chi connectivity index (χ1n) is 9.49. The van der Waals surface area contributed by atoms with Gasteiger partial charge in [-0.15, -0.1) is 0 Å². The van der Waals surface area contributed by atoms with Gasteiger partial charge in [-0.25, -0.2) is 8.42 Å². The summed E-state index contributed by atoms with van der Waals surface area (Å²) >= 11 is 0. The first kappa shape index (κ1) is 20.7. The average molecular weight is 383 g/mol. The highest BCUT2D eigenvalue weighted by molar-refractivity contribution is 7.89. The van der Waals surface area contributed by atoms with Crippen LogP contribution in [0.1, 0.15) is 52.4 Å². The lowest BCUT2D eigenvalue weighted by molar-refractivity contribution is -0.123. The highest BCUT2D eigenvalue weighted by Crippen LogP contribution is 2.20. The second-order valence-corrected chi connectivity index (χ2v) is 8.54. The van der Waals surface area contributed by atoms with Crippen LogP contribution in [0, 0.1) is 0 Å². The molecule has 0 radical (unpaired) electrons. The van der Waals surface area contributed by atoms with Crippen LogP contribution in [0.2, 0.25) is 0 Å². The summed E-state index contributed by atoms with van der Waals surface area (Å²) in [5.74, 6) is 0.358. The summed E-state index contributed by atoms with van der Waals surface area (Å²) < 4.78 is 31.8. The van der Waals surface area contributed by atoms with Gasteiger partial charge in [0.05, 0.1) is 4.90 Å². The normalized spacial score (nSPS) is 16.3. The van der Waals surface area contributed by atoms with Gasteiger partial charge in [-0.1, -0.05) is 39.5 Å². The van der Waals surface area contributed by atoms with Crippen LogP contribution < -0.4 is 10.1 Å². The summed E-state index contributed by atoms with van der Waals surface area (Å²) in [5.41, 5.74) is 0. The summed E-state index contributed by atoms with van der Waals surface area (Å²) in [6.45, 7) is 4.42. The molecule has 0 bridgehead atoms. The highest BCUT2D eigenvalue weighted by atomic mass is 32.2. The number of ether oxygens (including phenoxy) is 1. The first-order chi connectivity index (χ1) is 12.5. The van der Waals surface area contributed by atoms with Gasteiger partial charge in [0.2, 0.25) is 10.0 Å². The van der Waals surface area contributed by atoms with Crippen molar-refractivity contribution in [3.63, 3.8) is 0 Å². The van der Waals surface area contributed by atoms with E-state index in [1.807, 2.05) is 13.8 Å². The molecular formula is C19H30N2O4S. The van der Waals surface area contributed by atoms with E-state index in [9.17, 15) is 13.2 Å². The Balaban J connectivity index is 1.87. The predicted molar refractivity (Wildman–Crippen MR) is 102 cm³/mol. The molecule has 0 atom stereocenters. The van der Waals surface area contributed by atoms with Gasteiger partial charge in [0.1, 0.15) is 5.75 Å². The predicted octanol–water partition coefficient (Wildman–Crippen LogP) is 2.93. The van der Waals surface area contributed by atoms with E-state index in [-0.39, 0.29) is 23.5 Å². The van der Waals surface area contributed by atoms with Gasteiger partial charge in [-0.2, -0.15) is 4.31 Å². The molecule has 7 heteroatoms. The number of benzene rings is 1. The summed E-state index contributed by atoms with van der Waals surface area (Å²) in [7, 11) is -3.47. The second-order valence-electron chi connectivity index (χ2n) is 6.61. The molecule has 1 aromatic carbocycles. The van der Waals surface area contributed by atoms with Crippen LogP contribution in [0.4, 0.5) is 0 Å². The van der Waals surface area contributed by atoms with Crippen LogP contribution in [0.15, 0.2) is 29.2 Å². The van der Waals surface area contributed by atoms with Crippen molar-refractivity contribution in [1.82, 2.24) is 9.62 Å². The van der Waals surface area contributed by atoms with Crippen LogP contribution in [0.25, 0.3) is 0 Å². The van der Waals surface area contributed by atoms with Crippen LogP contribution in [0.3, 0.4) is 0 Å². The third kappa shape index (κ3) is 5.71. The van der Waals surface area contributed by atoms with E-state index in [0.717, 1.165) is 25.7 Å². The number of hydrogen-bond donors (Lipinski definition) is 1. The molecule has 1 N–H and O–H groups in total. The van der Waals surface area contributed by atoms with Gasteiger partial charge < -0.3 is 10.1 Å². The second kappa shape index (κ2) is 9.92. The summed E-state index contributed by atoms with van der Waals surface area (Å²) in [6, 6.07) is 6.47. The standard InChI is InChI=1S/C19H30N2O4S/c1-3-21(4-2)26(23,24)18-13-11-17(12-14-18)25-15-19(22)20-16-9-7-5-6-8-10-16/h11-14,16H,3-10,15H2,1-2H3,(H,20,22). The third-order valence-electron chi connectivity index (χ3n) is 4.76. The van der Waals surface area contributed by atoms with Gasteiger partial charge in [-0.3, -0.25) is 4.79 Å². The first-order valence-corrected chi connectivity index (χ1v) is 10.9. The fourth-order valence-electron chi connectivity index (χ4n) is 3.26. The fourth-order valence-corrected chi connectivity index (χ4v) is 4.72. The van der Waals surface area contributed by atoms with E-state index in [2.05, 4.69) is 5.32 Å². The Morgan fingerprint density at radius 1 is 1.08 bits per heavy atom. The van der Waals surface area contributed by atoms with Gasteiger partial charge in [0.25, 0.3) is 5.91 Å². The number of carbonyl (C=O) groups excluding carboxylic acids is 1. The van der Waals surface area contributed by atoms with Gasteiger partial charge in [0.15, 0.2) is 6.61 Å². The van der Waals surface area contributed by atoms with Crippen LogP contribution in [-0.2, 0) is 14.8 Å². The van der Waals surface area contributed by atoms with E-state index in [0.29, 0.717) is 18.8 Å². The largest absolute Gasteiger partial charge is 0.484 e. The molecule has 146 valence electrons. The van der Waals surface area contributed by atoms with E-state index in [4.69, 9.17) is 4.74 Å². The lowest BCUT2D eigenvalue weighted by atomic mass is 10.1. The summed E-state index contributed by atoms with van der Waals surface area (Å²) in [4.78, 5) is 12.3. The number of rotatable bonds is 8. The van der Waals surface area contributed by atoms with Crippen molar-refractivity contribution in [3.8, 4) is 5.75 Å². The third-order valence-corrected chi connectivity index (χ3v) is 6.82. The molecule has 0 heterocycles. The molecule has 1 saturated carbocycles. The number of amides is 1. The smallest absolute Gasteiger partial charge is 0.258 e. The molecule has 1 fully saturated rings. The summed E-state index contributed by atoms with van der Waals surface area (Å²) in [6.07, 6.45) is 6.87. The maximum absolute atomic E-state index is 12.4. The Hall–Kier alpha value is -1.60. The number of nitrogens with zero attached hydrogens (tertiary/aromatic N) is 1. The molecule has 0 saturated heterocycles. The zero-order chi connectivity index (χ0) is 19.0. The van der Waals surface area contributed by atoms with Crippen LogP contribution in [0.5, 0.6) is 5.75 Å². The van der Waals surface area contributed by atoms with Crippen LogP contribution in [-0.4, -0.2) is 44.4 Å². The summed E-state index contributed by atoms with van der Waals surface area (Å²) in [5, 5.41) is 3.03. The van der Waals surface area contributed by atoms with Crippen molar-refractivity contribution in [1.29, 1.82) is 0 Å². The van der Waals surface area contributed by atoms with Crippen molar-refractivity contribution in [2.45, 2.75) is 63.3 Å². The Kier molecular flexibility index (Phi) is 7.90. The highest BCUT2D eigenvalue weighted by Gasteiger charge is 2.21.